The quantitative estimate of drug-likeness (QED) is 0.618. The van der Waals surface area contributed by atoms with Gasteiger partial charge in [0.1, 0.15) is 12.4 Å². The van der Waals surface area contributed by atoms with Crippen LogP contribution in [0.5, 0.6) is 5.75 Å². The highest BCUT2D eigenvalue weighted by Crippen LogP contribution is 2.24. The summed E-state index contributed by atoms with van der Waals surface area (Å²) < 4.78 is 6.48. The van der Waals surface area contributed by atoms with Crippen molar-refractivity contribution in [1.82, 2.24) is 0 Å². The van der Waals surface area contributed by atoms with E-state index in [4.69, 9.17) is 11.3 Å². The summed E-state index contributed by atoms with van der Waals surface area (Å²) in [5.74, 6) is 0.526. The third-order valence-corrected chi connectivity index (χ3v) is 3.03. The van der Waals surface area contributed by atoms with Gasteiger partial charge in [-0.15, -0.1) is 0 Å². The first-order valence-corrected chi connectivity index (χ1v) is 6.36. The first-order valence-electron chi connectivity index (χ1n) is 5.57. The molecule has 0 saturated carbocycles. The predicted octanol–water partition coefficient (Wildman–Crippen LogP) is 4.39. The van der Waals surface area contributed by atoms with Crippen molar-refractivity contribution in [3.63, 3.8) is 0 Å². The Bertz CT molecular complexity index is 647. The Balaban J connectivity index is 2.16. The maximum atomic E-state index is 10.9. The van der Waals surface area contributed by atoms with Crippen molar-refractivity contribution in [2.45, 2.75) is 6.61 Å². The van der Waals surface area contributed by atoms with Gasteiger partial charge in [-0.1, -0.05) is 34.1 Å². The molecule has 0 aromatic heterocycles. The molecule has 0 radical (unpaired) electrons. The number of nitrogens with zero attached hydrogens (tertiary/aromatic N) is 1. The van der Waals surface area contributed by atoms with Crippen molar-refractivity contribution in [1.29, 1.82) is 0 Å². The number of halogens is 1. The van der Waals surface area contributed by atoms with Gasteiger partial charge in [0.05, 0.1) is 12.1 Å². The molecule has 0 bridgehead atoms. The molecule has 0 N–H and O–H groups in total. The Morgan fingerprint density at radius 2 is 2.11 bits per heavy atom. The van der Waals surface area contributed by atoms with Gasteiger partial charge in [-0.05, 0) is 29.8 Å². The highest BCUT2D eigenvalue weighted by molar-refractivity contribution is 9.10. The molecule has 0 aliphatic heterocycles. The van der Waals surface area contributed by atoms with E-state index in [1.54, 1.807) is 30.3 Å². The summed E-state index contributed by atoms with van der Waals surface area (Å²) >= 11 is 3.34. The number of rotatable bonds is 4. The Labute approximate surface area is 119 Å². The van der Waals surface area contributed by atoms with Crippen LogP contribution in [-0.2, 0) is 6.61 Å². The zero-order valence-corrected chi connectivity index (χ0v) is 11.6. The summed E-state index contributed by atoms with van der Waals surface area (Å²) in [6.45, 7) is 7.28. The van der Waals surface area contributed by atoms with Crippen LogP contribution in [0.3, 0.4) is 0 Å². The third-order valence-electron chi connectivity index (χ3n) is 2.54. The lowest BCUT2D eigenvalue weighted by atomic mass is 10.2. The van der Waals surface area contributed by atoms with Gasteiger partial charge in [-0.2, -0.15) is 0 Å². The minimum atomic E-state index is 0.320. The molecule has 2 rings (SSSR count). The number of aldehydes is 1. The number of hydrogen-bond acceptors (Lipinski definition) is 2. The maximum Gasteiger partial charge on any atom is 0.187 e. The van der Waals surface area contributed by atoms with Gasteiger partial charge in [0.25, 0.3) is 0 Å². The van der Waals surface area contributed by atoms with Crippen LogP contribution in [0.1, 0.15) is 15.9 Å². The van der Waals surface area contributed by atoms with Gasteiger partial charge < -0.3 is 4.74 Å². The molecule has 0 aliphatic carbocycles. The molecule has 2 aromatic carbocycles. The lowest BCUT2D eigenvalue weighted by Gasteiger charge is -2.09. The third kappa shape index (κ3) is 3.43. The van der Waals surface area contributed by atoms with Crippen LogP contribution in [0.2, 0.25) is 0 Å². The van der Waals surface area contributed by atoms with Crippen molar-refractivity contribution < 1.29 is 9.53 Å². The first kappa shape index (κ1) is 13.3. The van der Waals surface area contributed by atoms with Crippen molar-refractivity contribution in [2.24, 2.45) is 0 Å². The topological polar surface area (TPSA) is 30.7 Å². The molecule has 0 heterocycles. The lowest BCUT2D eigenvalue weighted by Crippen LogP contribution is -1.98. The van der Waals surface area contributed by atoms with Crippen molar-refractivity contribution >= 4 is 27.9 Å². The highest BCUT2D eigenvalue weighted by Gasteiger charge is 2.04. The molecule has 0 aliphatic rings. The van der Waals surface area contributed by atoms with Gasteiger partial charge in [0.2, 0.25) is 0 Å². The lowest BCUT2D eigenvalue weighted by molar-refractivity contribution is 0.111. The minimum absolute atomic E-state index is 0.320. The van der Waals surface area contributed by atoms with Gasteiger partial charge in [0.15, 0.2) is 12.0 Å². The van der Waals surface area contributed by atoms with Crippen LogP contribution in [0.25, 0.3) is 4.85 Å². The Hall–Kier alpha value is -2.12. The smallest absolute Gasteiger partial charge is 0.187 e. The van der Waals surface area contributed by atoms with Crippen LogP contribution in [0.15, 0.2) is 46.9 Å². The monoisotopic (exact) mass is 315 g/mol. The second-order valence-electron chi connectivity index (χ2n) is 3.87. The molecule has 0 spiro atoms. The number of benzene rings is 2. The van der Waals surface area contributed by atoms with Crippen LogP contribution >= 0.6 is 15.9 Å². The fraction of sp³-hybridized carbons (Fsp3) is 0.0667. The van der Waals surface area contributed by atoms with Crippen LogP contribution in [0, 0.1) is 6.57 Å². The second-order valence-corrected chi connectivity index (χ2v) is 4.79. The van der Waals surface area contributed by atoms with Crippen molar-refractivity contribution in [2.75, 3.05) is 0 Å². The summed E-state index contributed by atoms with van der Waals surface area (Å²) in [6, 6.07) is 12.4. The van der Waals surface area contributed by atoms with Gasteiger partial charge in [-0.3, -0.25) is 4.79 Å². The van der Waals surface area contributed by atoms with E-state index in [1.165, 1.54) is 0 Å². The molecule has 0 saturated heterocycles. The molecule has 2 aromatic rings. The van der Waals surface area contributed by atoms with E-state index in [0.29, 0.717) is 23.6 Å². The van der Waals surface area contributed by atoms with Gasteiger partial charge >= 0.3 is 0 Å². The Morgan fingerprint density at radius 3 is 2.84 bits per heavy atom. The summed E-state index contributed by atoms with van der Waals surface area (Å²) in [5, 5.41) is 0. The molecule has 4 heteroatoms. The number of carbonyl (C=O) groups excluding carboxylic acids is 1. The molecular formula is C15H10BrNO2. The Kier molecular flexibility index (Phi) is 4.32. The molecule has 0 fully saturated rings. The second kappa shape index (κ2) is 6.17. The molecule has 0 unspecified atom stereocenters. The normalized spacial score (nSPS) is 9.68. The zero-order chi connectivity index (χ0) is 13.7. The molecular weight excluding hydrogens is 306 g/mol. The number of hydrogen-bond donors (Lipinski definition) is 0. The molecule has 3 nitrogen and oxygen atoms in total. The molecule has 19 heavy (non-hydrogen) atoms. The van der Waals surface area contributed by atoms with Crippen molar-refractivity contribution in [3.8, 4) is 5.75 Å². The van der Waals surface area contributed by atoms with E-state index in [9.17, 15) is 4.79 Å². The number of ether oxygens (including phenoxy) is 1. The van der Waals surface area contributed by atoms with Crippen LogP contribution < -0.4 is 4.74 Å². The predicted molar refractivity (Wildman–Crippen MR) is 76.6 cm³/mol. The van der Waals surface area contributed by atoms with Gasteiger partial charge in [0, 0.05) is 4.47 Å². The molecule has 0 amide bonds. The summed E-state index contributed by atoms with van der Waals surface area (Å²) in [4.78, 5) is 14.3. The highest BCUT2D eigenvalue weighted by atomic mass is 79.9. The van der Waals surface area contributed by atoms with E-state index >= 15 is 0 Å². The van der Waals surface area contributed by atoms with Crippen molar-refractivity contribution in [3.05, 3.63) is 69.5 Å². The average Bonchev–Trinajstić information content (AvgIpc) is 2.45. The minimum Gasteiger partial charge on any atom is -0.488 e. The van der Waals surface area contributed by atoms with E-state index in [2.05, 4.69) is 20.8 Å². The maximum absolute atomic E-state index is 10.9. The largest absolute Gasteiger partial charge is 0.488 e. The van der Waals surface area contributed by atoms with E-state index in [-0.39, 0.29) is 0 Å². The molecule has 0 atom stereocenters. The average molecular weight is 316 g/mol. The fourth-order valence-corrected chi connectivity index (χ4v) is 1.95. The zero-order valence-electron chi connectivity index (χ0n) is 9.97. The standard InChI is InChI=1S/C15H10BrNO2/c1-17-14-4-2-3-11(7-14)10-19-15-8-13(16)6-5-12(15)9-18/h2-9H,10H2. The summed E-state index contributed by atoms with van der Waals surface area (Å²) in [7, 11) is 0. The van der Waals surface area contributed by atoms with Crippen LogP contribution in [0.4, 0.5) is 5.69 Å². The SMILES string of the molecule is [C-]#[N+]c1cccc(COc2cc(Br)ccc2C=O)c1. The number of carbonyl (C=O) groups is 1. The Morgan fingerprint density at radius 1 is 1.26 bits per heavy atom. The fourth-order valence-electron chi connectivity index (χ4n) is 1.61. The van der Waals surface area contributed by atoms with E-state index in [0.717, 1.165) is 16.3 Å². The van der Waals surface area contributed by atoms with Gasteiger partial charge in [-0.25, -0.2) is 4.85 Å². The van der Waals surface area contributed by atoms with E-state index < -0.39 is 0 Å². The summed E-state index contributed by atoms with van der Waals surface area (Å²) in [5.41, 5.74) is 1.97. The summed E-state index contributed by atoms with van der Waals surface area (Å²) in [6.07, 6.45) is 0.761. The first-order chi connectivity index (χ1) is 9.22. The van der Waals surface area contributed by atoms with Crippen LogP contribution in [-0.4, -0.2) is 6.29 Å². The molecule has 94 valence electrons. The van der Waals surface area contributed by atoms with E-state index in [1.807, 2.05) is 12.1 Å².